The Balaban J connectivity index is 2.54. The van der Waals surface area contributed by atoms with Crippen molar-refractivity contribution in [2.45, 2.75) is 31.6 Å². The fraction of sp³-hybridized carbons (Fsp3) is 0.417. The van der Waals surface area contributed by atoms with Crippen LogP contribution >= 0.6 is 11.8 Å². The Bertz CT molecular complexity index is 382. The van der Waals surface area contributed by atoms with Crippen LogP contribution in [0.3, 0.4) is 0 Å². The molecule has 1 heterocycles. The summed E-state index contributed by atoms with van der Waals surface area (Å²) in [6.45, 7) is 4.17. The monoisotopic (exact) mass is 206 g/mol. The molecule has 0 atom stereocenters. The number of aryl methyl sites for hydroxylation is 2. The van der Waals surface area contributed by atoms with Crippen LogP contribution in [0.2, 0.25) is 0 Å². The Hall–Kier alpha value is -0.760. The average molecular weight is 206 g/mol. The number of rotatable bonds is 0. The van der Waals surface area contributed by atoms with Crippen molar-refractivity contribution in [2.24, 2.45) is 0 Å². The van der Waals surface area contributed by atoms with Crippen LogP contribution in [0.1, 0.15) is 34.3 Å². The molecule has 74 valence electrons. The molecule has 14 heavy (non-hydrogen) atoms. The molecule has 0 amide bonds. The van der Waals surface area contributed by atoms with Crippen molar-refractivity contribution in [2.75, 3.05) is 5.75 Å². The maximum atomic E-state index is 11.8. The molecule has 1 aromatic rings. The van der Waals surface area contributed by atoms with Crippen LogP contribution in [-0.4, -0.2) is 11.5 Å². The van der Waals surface area contributed by atoms with Gasteiger partial charge in [0.1, 0.15) is 0 Å². The van der Waals surface area contributed by atoms with Gasteiger partial charge in [-0.05, 0) is 49.3 Å². The Morgan fingerprint density at radius 1 is 1.21 bits per heavy atom. The summed E-state index contributed by atoms with van der Waals surface area (Å²) in [7, 11) is 0. The first-order valence-corrected chi connectivity index (χ1v) is 5.94. The lowest BCUT2D eigenvalue weighted by atomic mass is 10.0. The topological polar surface area (TPSA) is 17.1 Å². The summed E-state index contributed by atoms with van der Waals surface area (Å²) in [4.78, 5) is 12.9. The molecule has 1 aliphatic heterocycles. The van der Waals surface area contributed by atoms with Gasteiger partial charge in [0.15, 0.2) is 5.78 Å². The van der Waals surface area contributed by atoms with Gasteiger partial charge in [-0.3, -0.25) is 4.79 Å². The van der Waals surface area contributed by atoms with E-state index in [-0.39, 0.29) is 0 Å². The van der Waals surface area contributed by atoms with Crippen LogP contribution in [0, 0.1) is 13.8 Å². The van der Waals surface area contributed by atoms with Crippen LogP contribution in [0.5, 0.6) is 0 Å². The molecule has 2 rings (SSSR count). The number of carbonyl (C=O) groups is 1. The fourth-order valence-electron chi connectivity index (χ4n) is 1.68. The zero-order valence-corrected chi connectivity index (χ0v) is 9.41. The van der Waals surface area contributed by atoms with Gasteiger partial charge in [0.05, 0.1) is 0 Å². The summed E-state index contributed by atoms with van der Waals surface area (Å²) in [6, 6.07) is 4.20. The number of fused-ring (bicyclic) bond motifs is 1. The minimum atomic E-state index is 0.313. The first-order valence-electron chi connectivity index (χ1n) is 4.96. The van der Waals surface area contributed by atoms with Crippen LogP contribution in [0.4, 0.5) is 0 Å². The van der Waals surface area contributed by atoms with E-state index in [9.17, 15) is 4.79 Å². The van der Waals surface area contributed by atoms with Crippen molar-refractivity contribution >= 4 is 17.5 Å². The number of hydrogen-bond acceptors (Lipinski definition) is 2. The molecule has 0 bridgehead atoms. The van der Waals surface area contributed by atoms with Crippen LogP contribution in [0.15, 0.2) is 17.0 Å². The predicted molar refractivity (Wildman–Crippen MR) is 60.2 cm³/mol. The Kier molecular flexibility index (Phi) is 2.64. The van der Waals surface area contributed by atoms with Crippen molar-refractivity contribution in [3.8, 4) is 0 Å². The third-order valence-electron chi connectivity index (χ3n) is 2.70. The number of benzene rings is 1. The lowest BCUT2D eigenvalue weighted by Gasteiger charge is -2.07. The highest BCUT2D eigenvalue weighted by atomic mass is 32.2. The Morgan fingerprint density at radius 2 is 1.93 bits per heavy atom. The van der Waals surface area contributed by atoms with E-state index in [0.717, 1.165) is 17.7 Å². The molecular formula is C12H14OS. The molecule has 0 radical (unpaired) electrons. The first kappa shape index (κ1) is 9.78. The zero-order valence-electron chi connectivity index (χ0n) is 8.59. The maximum absolute atomic E-state index is 11.8. The van der Waals surface area contributed by atoms with Crippen molar-refractivity contribution in [3.63, 3.8) is 0 Å². The minimum Gasteiger partial charge on any atom is -0.294 e. The van der Waals surface area contributed by atoms with Crippen molar-refractivity contribution in [1.82, 2.24) is 0 Å². The standard InChI is InChI=1S/C12H14OS/c1-8-6-10-11(13)4-3-5-14-12(10)7-9(8)2/h6-7H,3-5H2,1-2H3. The summed E-state index contributed by atoms with van der Waals surface area (Å²) < 4.78 is 0. The Labute approximate surface area is 88.9 Å². The lowest BCUT2D eigenvalue weighted by molar-refractivity contribution is 0.0980. The minimum absolute atomic E-state index is 0.313. The molecule has 0 aliphatic carbocycles. The molecule has 0 fully saturated rings. The normalized spacial score (nSPS) is 16.3. The van der Waals surface area contributed by atoms with Crippen molar-refractivity contribution < 1.29 is 4.79 Å². The summed E-state index contributed by atoms with van der Waals surface area (Å²) in [5.41, 5.74) is 3.45. The highest BCUT2D eigenvalue weighted by molar-refractivity contribution is 7.99. The number of carbonyl (C=O) groups excluding carboxylic acids is 1. The van der Waals surface area contributed by atoms with E-state index < -0.39 is 0 Å². The van der Waals surface area contributed by atoms with E-state index in [1.165, 1.54) is 16.0 Å². The Morgan fingerprint density at radius 3 is 2.71 bits per heavy atom. The number of ketones is 1. The molecule has 0 saturated carbocycles. The van der Waals surface area contributed by atoms with Gasteiger partial charge in [0.25, 0.3) is 0 Å². The van der Waals surface area contributed by atoms with E-state index in [1.54, 1.807) is 0 Å². The molecule has 1 nitrogen and oxygen atoms in total. The largest absolute Gasteiger partial charge is 0.294 e. The van der Waals surface area contributed by atoms with E-state index >= 15 is 0 Å². The maximum Gasteiger partial charge on any atom is 0.164 e. The number of hydrogen-bond donors (Lipinski definition) is 0. The molecule has 0 aromatic heterocycles. The second-order valence-corrected chi connectivity index (χ2v) is 4.94. The van der Waals surface area contributed by atoms with E-state index in [1.807, 2.05) is 17.8 Å². The van der Waals surface area contributed by atoms with Crippen LogP contribution < -0.4 is 0 Å². The van der Waals surface area contributed by atoms with Crippen molar-refractivity contribution in [3.05, 3.63) is 28.8 Å². The molecule has 0 spiro atoms. The second-order valence-electron chi connectivity index (χ2n) is 3.81. The third kappa shape index (κ3) is 1.71. The van der Waals surface area contributed by atoms with Gasteiger partial charge in [0, 0.05) is 16.9 Å². The van der Waals surface area contributed by atoms with Crippen molar-refractivity contribution in [1.29, 1.82) is 0 Å². The van der Waals surface area contributed by atoms with Gasteiger partial charge in [0.2, 0.25) is 0 Å². The van der Waals surface area contributed by atoms with E-state index in [0.29, 0.717) is 12.2 Å². The summed E-state index contributed by atoms with van der Waals surface area (Å²) in [6.07, 6.45) is 1.72. The van der Waals surface area contributed by atoms with Gasteiger partial charge in [-0.1, -0.05) is 0 Å². The SMILES string of the molecule is Cc1cc2c(cc1C)C(=O)CCCS2. The van der Waals surface area contributed by atoms with Gasteiger partial charge < -0.3 is 0 Å². The summed E-state index contributed by atoms with van der Waals surface area (Å²) in [5, 5.41) is 0. The molecule has 0 saturated heterocycles. The molecule has 1 aromatic carbocycles. The average Bonchev–Trinajstić information content (AvgIpc) is 2.31. The van der Waals surface area contributed by atoms with E-state index in [2.05, 4.69) is 19.9 Å². The van der Waals surface area contributed by atoms with E-state index in [4.69, 9.17) is 0 Å². The zero-order chi connectivity index (χ0) is 10.1. The molecule has 0 N–H and O–H groups in total. The highest BCUT2D eigenvalue weighted by Gasteiger charge is 2.16. The summed E-state index contributed by atoms with van der Waals surface area (Å²) >= 11 is 1.82. The van der Waals surface area contributed by atoms with Crippen LogP contribution in [-0.2, 0) is 0 Å². The fourth-order valence-corrected chi connectivity index (χ4v) is 2.77. The lowest BCUT2D eigenvalue weighted by Crippen LogP contribution is -1.99. The summed E-state index contributed by atoms with van der Waals surface area (Å²) in [5.74, 6) is 1.38. The van der Waals surface area contributed by atoms with Gasteiger partial charge >= 0.3 is 0 Å². The molecule has 0 unspecified atom stereocenters. The highest BCUT2D eigenvalue weighted by Crippen LogP contribution is 2.30. The number of Topliss-reactive ketones (excluding diaryl/α,β-unsaturated/α-hetero) is 1. The first-order chi connectivity index (χ1) is 6.68. The number of thioether (sulfide) groups is 1. The third-order valence-corrected chi connectivity index (χ3v) is 3.84. The van der Waals surface area contributed by atoms with Gasteiger partial charge in [-0.2, -0.15) is 0 Å². The molecule has 2 heteroatoms. The second kappa shape index (κ2) is 3.77. The van der Waals surface area contributed by atoms with Crippen LogP contribution in [0.25, 0.3) is 0 Å². The predicted octanol–water partition coefficient (Wildman–Crippen LogP) is 3.37. The molecular weight excluding hydrogens is 192 g/mol. The van der Waals surface area contributed by atoms with Gasteiger partial charge in [-0.15, -0.1) is 11.8 Å². The van der Waals surface area contributed by atoms with Gasteiger partial charge in [-0.25, -0.2) is 0 Å². The quantitative estimate of drug-likeness (QED) is 0.647. The molecule has 1 aliphatic rings. The smallest absolute Gasteiger partial charge is 0.164 e.